The molecule has 0 aromatic carbocycles. The van der Waals surface area contributed by atoms with Crippen LogP contribution in [0.3, 0.4) is 0 Å². The molecular weight excluding hydrogens is 192 g/mol. The summed E-state index contributed by atoms with van der Waals surface area (Å²) in [5.74, 6) is 0. The smallest absolute Gasteiger partial charge is 0.0121 e. The normalized spacial score (nSPS) is 24.6. The van der Waals surface area contributed by atoms with Crippen LogP contribution in [0, 0.1) is 10.8 Å². The first kappa shape index (κ1) is 13.3. The Labute approximate surface area is 101 Å². The summed E-state index contributed by atoms with van der Waals surface area (Å²) in [4.78, 5) is 0. The maximum atomic E-state index is 2.33. The van der Waals surface area contributed by atoms with E-state index < -0.39 is 0 Å². The Morgan fingerprint density at radius 3 is 1.75 bits per heavy atom. The van der Waals surface area contributed by atoms with E-state index >= 15 is 0 Å². The Morgan fingerprint density at radius 2 is 1.62 bits per heavy atom. The minimum absolute atomic E-state index is 0.410. The average molecular weight is 218 g/mol. The first-order chi connectivity index (χ1) is 7.26. The predicted molar refractivity (Wildman–Crippen MR) is 73.5 cm³/mol. The van der Waals surface area contributed by atoms with Crippen molar-refractivity contribution in [3.05, 3.63) is 35.5 Å². The van der Waals surface area contributed by atoms with E-state index in [1.165, 1.54) is 24.0 Å². The van der Waals surface area contributed by atoms with Crippen LogP contribution in [-0.2, 0) is 0 Å². The van der Waals surface area contributed by atoms with Gasteiger partial charge in [-0.25, -0.2) is 0 Å². The molecule has 0 aliphatic heterocycles. The lowest BCUT2D eigenvalue weighted by atomic mass is 9.71. The molecule has 0 aromatic rings. The zero-order valence-corrected chi connectivity index (χ0v) is 11.7. The summed E-state index contributed by atoms with van der Waals surface area (Å²) in [6, 6.07) is 0. The Kier molecular flexibility index (Phi) is 3.83. The zero-order chi connectivity index (χ0) is 12.4. The molecule has 0 amide bonds. The van der Waals surface area contributed by atoms with Gasteiger partial charge in [0.25, 0.3) is 0 Å². The SMILES string of the molecule is CC1(C)C=CCC1(C)C.CC1=C(C)CC=C1. The molecule has 0 saturated heterocycles. The van der Waals surface area contributed by atoms with Crippen LogP contribution in [0.5, 0.6) is 0 Å². The van der Waals surface area contributed by atoms with Crippen LogP contribution >= 0.6 is 0 Å². The summed E-state index contributed by atoms with van der Waals surface area (Å²) in [5, 5.41) is 0. The molecule has 0 heterocycles. The van der Waals surface area contributed by atoms with Crippen LogP contribution < -0.4 is 0 Å². The second-order valence-corrected chi connectivity index (χ2v) is 6.28. The fourth-order valence-electron chi connectivity index (χ4n) is 1.85. The molecular formula is C16H26. The third kappa shape index (κ3) is 2.87. The molecule has 0 fully saturated rings. The minimum Gasteiger partial charge on any atom is -0.0874 e. The summed E-state index contributed by atoms with van der Waals surface area (Å²) in [5.41, 5.74) is 3.85. The minimum atomic E-state index is 0.410. The Bertz CT molecular complexity index is 335. The Morgan fingerprint density at radius 1 is 1.00 bits per heavy atom. The van der Waals surface area contributed by atoms with Crippen LogP contribution in [0.2, 0.25) is 0 Å². The number of hydrogen-bond acceptors (Lipinski definition) is 0. The van der Waals surface area contributed by atoms with Crippen molar-refractivity contribution in [2.75, 3.05) is 0 Å². The maximum absolute atomic E-state index is 2.33. The number of allylic oxidation sites excluding steroid dienone is 6. The second-order valence-electron chi connectivity index (χ2n) is 6.28. The van der Waals surface area contributed by atoms with Crippen LogP contribution in [0.1, 0.15) is 54.4 Å². The molecule has 90 valence electrons. The molecule has 0 aromatic heterocycles. The summed E-state index contributed by atoms with van der Waals surface area (Å²) >= 11 is 0. The largest absolute Gasteiger partial charge is 0.0874 e. The molecule has 0 heteroatoms. The van der Waals surface area contributed by atoms with Gasteiger partial charge in [0.05, 0.1) is 0 Å². The van der Waals surface area contributed by atoms with Crippen LogP contribution in [0.25, 0.3) is 0 Å². The molecule has 2 aliphatic carbocycles. The van der Waals surface area contributed by atoms with Gasteiger partial charge >= 0.3 is 0 Å². The molecule has 0 saturated carbocycles. The number of hydrogen-bond donors (Lipinski definition) is 0. The highest BCUT2D eigenvalue weighted by molar-refractivity contribution is 5.30. The van der Waals surface area contributed by atoms with Crippen molar-refractivity contribution in [3.8, 4) is 0 Å². The highest BCUT2D eigenvalue weighted by atomic mass is 14.4. The standard InChI is InChI=1S/C9H16.C7H10/c1-8(2)6-5-7-9(8,3)4;1-6-4-3-5-7(6)2/h5-6H,7H2,1-4H3;3-4H,5H2,1-2H3. The van der Waals surface area contributed by atoms with E-state index in [9.17, 15) is 0 Å². The first-order valence-electron chi connectivity index (χ1n) is 6.27. The molecule has 0 spiro atoms. The van der Waals surface area contributed by atoms with Gasteiger partial charge in [-0.3, -0.25) is 0 Å². The van der Waals surface area contributed by atoms with E-state index in [1.54, 1.807) is 0 Å². The Hall–Kier alpha value is -0.780. The molecule has 2 rings (SSSR count). The van der Waals surface area contributed by atoms with E-state index in [1.807, 2.05) is 0 Å². The van der Waals surface area contributed by atoms with Gasteiger partial charge < -0.3 is 0 Å². The van der Waals surface area contributed by atoms with Crippen molar-refractivity contribution in [1.82, 2.24) is 0 Å². The van der Waals surface area contributed by atoms with Gasteiger partial charge in [0, 0.05) is 0 Å². The van der Waals surface area contributed by atoms with Crippen molar-refractivity contribution in [3.63, 3.8) is 0 Å². The molecule has 0 atom stereocenters. The molecule has 0 N–H and O–H groups in total. The number of rotatable bonds is 0. The van der Waals surface area contributed by atoms with E-state index in [0.29, 0.717) is 10.8 Å². The van der Waals surface area contributed by atoms with Gasteiger partial charge in [0.15, 0.2) is 0 Å². The van der Waals surface area contributed by atoms with Gasteiger partial charge in [-0.2, -0.15) is 0 Å². The van der Waals surface area contributed by atoms with E-state index in [2.05, 4.69) is 65.8 Å². The maximum Gasteiger partial charge on any atom is -0.0121 e. The van der Waals surface area contributed by atoms with Crippen LogP contribution in [0.15, 0.2) is 35.5 Å². The fraction of sp³-hybridized carbons (Fsp3) is 0.625. The lowest BCUT2D eigenvalue weighted by molar-refractivity contribution is 0.190. The molecule has 0 unspecified atom stereocenters. The van der Waals surface area contributed by atoms with Crippen molar-refractivity contribution < 1.29 is 0 Å². The molecule has 0 nitrogen and oxygen atoms in total. The molecule has 0 bridgehead atoms. The average Bonchev–Trinajstić information content (AvgIpc) is 2.60. The molecule has 16 heavy (non-hydrogen) atoms. The third-order valence-electron chi connectivity index (χ3n) is 4.37. The van der Waals surface area contributed by atoms with Crippen LogP contribution in [-0.4, -0.2) is 0 Å². The van der Waals surface area contributed by atoms with Crippen molar-refractivity contribution in [2.24, 2.45) is 10.8 Å². The topological polar surface area (TPSA) is 0 Å². The first-order valence-corrected chi connectivity index (χ1v) is 6.27. The van der Waals surface area contributed by atoms with Gasteiger partial charge in [-0.1, -0.05) is 63.1 Å². The van der Waals surface area contributed by atoms with E-state index in [0.717, 1.165) is 0 Å². The highest BCUT2D eigenvalue weighted by Gasteiger charge is 2.37. The summed E-state index contributed by atoms with van der Waals surface area (Å²) in [7, 11) is 0. The second kappa shape index (κ2) is 4.61. The quantitative estimate of drug-likeness (QED) is 0.485. The third-order valence-corrected chi connectivity index (χ3v) is 4.37. The fourth-order valence-corrected chi connectivity index (χ4v) is 1.85. The summed E-state index contributed by atoms with van der Waals surface area (Å²) < 4.78 is 0. The van der Waals surface area contributed by atoms with Gasteiger partial charge in [-0.15, -0.1) is 0 Å². The van der Waals surface area contributed by atoms with E-state index in [-0.39, 0.29) is 0 Å². The highest BCUT2D eigenvalue weighted by Crippen LogP contribution is 2.47. The van der Waals surface area contributed by atoms with E-state index in [4.69, 9.17) is 0 Å². The van der Waals surface area contributed by atoms with Gasteiger partial charge in [0.2, 0.25) is 0 Å². The van der Waals surface area contributed by atoms with Crippen molar-refractivity contribution in [1.29, 1.82) is 0 Å². The van der Waals surface area contributed by atoms with Gasteiger partial charge in [0.1, 0.15) is 0 Å². The summed E-state index contributed by atoms with van der Waals surface area (Å²) in [6.45, 7) is 13.6. The Balaban J connectivity index is 0.000000165. The summed E-state index contributed by atoms with van der Waals surface area (Å²) in [6.07, 6.45) is 11.4. The zero-order valence-electron chi connectivity index (χ0n) is 11.7. The van der Waals surface area contributed by atoms with Crippen molar-refractivity contribution >= 4 is 0 Å². The van der Waals surface area contributed by atoms with Crippen molar-refractivity contribution in [2.45, 2.75) is 54.4 Å². The molecule has 2 aliphatic rings. The lowest BCUT2D eigenvalue weighted by Gasteiger charge is -2.34. The predicted octanol–water partition coefficient (Wildman–Crippen LogP) is 5.28. The lowest BCUT2D eigenvalue weighted by Crippen LogP contribution is -2.25. The monoisotopic (exact) mass is 218 g/mol. The van der Waals surface area contributed by atoms with Gasteiger partial charge in [-0.05, 0) is 37.5 Å². The molecule has 0 radical (unpaired) electrons. The van der Waals surface area contributed by atoms with Crippen LogP contribution in [0.4, 0.5) is 0 Å².